The van der Waals surface area contributed by atoms with Gasteiger partial charge in [-0.2, -0.15) is 0 Å². The van der Waals surface area contributed by atoms with E-state index in [4.69, 9.17) is 4.74 Å². The van der Waals surface area contributed by atoms with Gasteiger partial charge in [0.25, 0.3) is 5.91 Å². The number of amides is 1. The number of rotatable bonds is 4. The highest BCUT2D eigenvalue weighted by molar-refractivity contribution is 5.93. The smallest absolute Gasteiger partial charge is 0.253 e. The molecule has 0 aromatic heterocycles. The van der Waals surface area contributed by atoms with Crippen LogP contribution in [0.2, 0.25) is 0 Å². The van der Waals surface area contributed by atoms with Crippen LogP contribution in [0.4, 0.5) is 0 Å². The number of ether oxygens (including phenoxy) is 1. The largest absolute Gasteiger partial charge is 0.378 e. The second-order valence-electron chi connectivity index (χ2n) is 4.87. The summed E-state index contributed by atoms with van der Waals surface area (Å²) in [4.78, 5) is 13.9. The molecule has 0 radical (unpaired) electrons. The molecule has 1 amide bonds. The Morgan fingerprint density at radius 3 is 2.78 bits per heavy atom. The third kappa shape index (κ3) is 3.57. The van der Waals surface area contributed by atoms with E-state index in [1.807, 2.05) is 37.4 Å². The lowest BCUT2D eigenvalue weighted by atomic mass is 10.1. The molecule has 1 saturated heterocycles. The topological polar surface area (TPSA) is 29.5 Å². The summed E-state index contributed by atoms with van der Waals surface area (Å²) in [5.41, 5.74) is 0.754. The Kier molecular flexibility index (Phi) is 4.76. The van der Waals surface area contributed by atoms with Crippen LogP contribution in [0, 0.1) is 0 Å². The Morgan fingerprint density at radius 2 is 2.11 bits per heavy atom. The summed E-state index contributed by atoms with van der Waals surface area (Å²) in [6.45, 7) is 1.64. The van der Waals surface area contributed by atoms with E-state index < -0.39 is 0 Å². The normalized spacial score (nSPS) is 19.5. The molecule has 18 heavy (non-hydrogen) atoms. The van der Waals surface area contributed by atoms with Crippen LogP contribution >= 0.6 is 0 Å². The van der Waals surface area contributed by atoms with Crippen molar-refractivity contribution in [2.75, 3.05) is 20.2 Å². The molecular formula is C15H21NO2. The number of benzene rings is 1. The molecule has 1 aromatic rings. The quantitative estimate of drug-likeness (QED) is 0.818. The molecule has 1 aliphatic heterocycles. The zero-order valence-electron chi connectivity index (χ0n) is 11.0. The Hall–Kier alpha value is -1.35. The molecule has 1 atom stereocenters. The van der Waals surface area contributed by atoms with Gasteiger partial charge in [-0.05, 0) is 37.8 Å². The Morgan fingerprint density at radius 1 is 1.33 bits per heavy atom. The Labute approximate surface area is 109 Å². The molecule has 0 saturated carbocycles. The molecule has 1 unspecified atom stereocenters. The van der Waals surface area contributed by atoms with E-state index in [2.05, 4.69) is 0 Å². The maximum absolute atomic E-state index is 12.1. The van der Waals surface area contributed by atoms with E-state index in [1.165, 1.54) is 12.8 Å². The molecule has 0 spiro atoms. The number of hydrogen-bond acceptors (Lipinski definition) is 2. The van der Waals surface area contributed by atoms with Crippen molar-refractivity contribution in [3.63, 3.8) is 0 Å². The SMILES string of the molecule is CN(CCC1CCCCO1)C(=O)c1ccccc1. The molecule has 0 aliphatic carbocycles. The van der Waals surface area contributed by atoms with E-state index in [0.29, 0.717) is 6.10 Å². The average molecular weight is 247 g/mol. The highest BCUT2D eigenvalue weighted by atomic mass is 16.5. The molecule has 1 heterocycles. The van der Waals surface area contributed by atoms with Crippen LogP contribution < -0.4 is 0 Å². The van der Waals surface area contributed by atoms with Crippen molar-refractivity contribution in [3.05, 3.63) is 35.9 Å². The number of nitrogens with zero attached hydrogens (tertiary/aromatic N) is 1. The standard InChI is InChI=1S/C15H21NO2/c1-16(11-10-14-9-5-6-12-18-14)15(17)13-7-3-2-4-8-13/h2-4,7-8,14H,5-6,9-12H2,1H3. The first-order chi connectivity index (χ1) is 8.77. The summed E-state index contributed by atoms with van der Waals surface area (Å²) in [7, 11) is 1.86. The van der Waals surface area contributed by atoms with E-state index >= 15 is 0 Å². The van der Waals surface area contributed by atoms with Gasteiger partial charge in [0.2, 0.25) is 0 Å². The van der Waals surface area contributed by atoms with Gasteiger partial charge >= 0.3 is 0 Å². The van der Waals surface area contributed by atoms with Gasteiger partial charge in [0.05, 0.1) is 6.10 Å². The second-order valence-corrected chi connectivity index (χ2v) is 4.87. The van der Waals surface area contributed by atoms with Crippen molar-refractivity contribution in [3.8, 4) is 0 Å². The van der Waals surface area contributed by atoms with Gasteiger partial charge < -0.3 is 9.64 Å². The summed E-state index contributed by atoms with van der Waals surface area (Å²) < 4.78 is 5.68. The van der Waals surface area contributed by atoms with Crippen LogP contribution in [-0.4, -0.2) is 37.1 Å². The van der Waals surface area contributed by atoms with Gasteiger partial charge in [0, 0.05) is 25.8 Å². The fraction of sp³-hybridized carbons (Fsp3) is 0.533. The first-order valence-corrected chi connectivity index (χ1v) is 6.69. The molecular weight excluding hydrogens is 226 g/mol. The summed E-state index contributed by atoms with van der Waals surface area (Å²) in [6, 6.07) is 9.43. The monoisotopic (exact) mass is 247 g/mol. The predicted octanol–water partition coefficient (Wildman–Crippen LogP) is 2.72. The van der Waals surface area contributed by atoms with Crippen LogP contribution in [0.3, 0.4) is 0 Å². The number of carbonyl (C=O) groups excluding carboxylic acids is 1. The maximum Gasteiger partial charge on any atom is 0.253 e. The van der Waals surface area contributed by atoms with Crippen LogP contribution in [-0.2, 0) is 4.74 Å². The average Bonchev–Trinajstić information content (AvgIpc) is 2.46. The van der Waals surface area contributed by atoms with Crippen LogP contribution in [0.25, 0.3) is 0 Å². The van der Waals surface area contributed by atoms with Crippen molar-refractivity contribution in [2.45, 2.75) is 31.8 Å². The van der Waals surface area contributed by atoms with Crippen LogP contribution in [0.1, 0.15) is 36.0 Å². The van der Waals surface area contributed by atoms with Crippen molar-refractivity contribution in [2.24, 2.45) is 0 Å². The highest BCUT2D eigenvalue weighted by Gasteiger charge is 2.16. The molecule has 3 heteroatoms. The van der Waals surface area contributed by atoms with E-state index in [1.54, 1.807) is 4.90 Å². The van der Waals surface area contributed by atoms with E-state index in [0.717, 1.165) is 31.6 Å². The van der Waals surface area contributed by atoms with Crippen molar-refractivity contribution in [1.29, 1.82) is 0 Å². The van der Waals surface area contributed by atoms with Crippen molar-refractivity contribution < 1.29 is 9.53 Å². The fourth-order valence-corrected chi connectivity index (χ4v) is 2.28. The van der Waals surface area contributed by atoms with Gasteiger partial charge in [0.15, 0.2) is 0 Å². The van der Waals surface area contributed by atoms with Gasteiger partial charge in [-0.15, -0.1) is 0 Å². The molecule has 98 valence electrons. The predicted molar refractivity (Wildman–Crippen MR) is 71.6 cm³/mol. The van der Waals surface area contributed by atoms with Crippen LogP contribution in [0.15, 0.2) is 30.3 Å². The maximum atomic E-state index is 12.1. The van der Waals surface area contributed by atoms with Gasteiger partial charge in [0.1, 0.15) is 0 Å². The van der Waals surface area contributed by atoms with Gasteiger partial charge in [-0.25, -0.2) is 0 Å². The third-order valence-electron chi connectivity index (χ3n) is 3.43. The molecule has 1 fully saturated rings. The first kappa shape index (κ1) is 13.1. The molecule has 0 N–H and O–H groups in total. The summed E-state index contributed by atoms with van der Waals surface area (Å²) in [5.74, 6) is 0.0893. The molecule has 3 nitrogen and oxygen atoms in total. The Balaban J connectivity index is 1.80. The third-order valence-corrected chi connectivity index (χ3v) is 3.43. The lowest BCUT2D eigenvalue weighted by molar-refractivity contribution is 0.00709. The van der Waals surface area contributed by atoms with Gasteiger partial charge in [-0.3, -0.25) is 4.79 Å². The van der Waals surface area contributed by atoms with E-state index in [-0.39, 0.29) is 5.91 Å². The molecule has 1 aromatic carbocycles. The lowest BCUT2D eigenvalue weighted by Gasteiger charge is -2.25. The second kappa shape index (κ2) is 6.55. The molecule has 2 rings (SSSR count). The fourth-order valence-electron chi connectivity index (χ4n) is 2.28. The minimum Gasteiger partial charge on any atom is -0.378 e. The zero-order chi connectivity index (χ0) is 12.8. The zero-order valence-corrected chi connectivity index (χ0v) is 11.0. The van der Waals surface area contributed by atoms with Gasteiger partial charge in [-0.1, -0.05) is 18.2 Å². The number of hydrogen-bond donors (Lipinski definition) is 0. The molecule has 0 bridgehead atoms. The Bertz CT molecular complexity index is 371. The minimum absolute atomic E-state index is 0.0893. The summed E-state index contributed by atoms with van der Waals surface area (Å²) >= 11 is 0. The van der Waals surface area contributed by atoms with Crippen molar-refractivity contribution >= 4 is 5.91 Å². The summed E-state index contributed by atoms with van der Waals surface area (Å²) in [6.07, 6.45) is 4.84. The highest BCUT2D eigenvalue weighted by Crippen LogP contribution is 2.16. The van der Waals surface area contributed by atoms with Crippen molar-refractivity contribution in [1.82, 2.24) is 4.90 Å². The van der Waals surface area contributed by atoms with Crippen LogP contribution in [0.5, 0.6) is 0 Å². The molecule has 1 aliphatic rings. The van der Waals surface area contributed by atoms with E-state index in [9.17, 15) is 4.79 Å². The number of carbonyl (C=O) groups is 1. The summed E-state index contributed by atoms with van der Waals surface area (Å²) in [5, 5.41) is 0. The first-order valence-electron chi connectivity index (χ1n) is 6.69. The minimum atomic E-state index is 0.0893. The lowest BCUT2D eigenvalue weighted by Crippen LogP contribution is -2.31.